The number of esters is 1. The fourth-order valence-electron chi connectivity index (χ4n) is 3.02. The molecule has 1 aliphatic rings. The van der Waals surface area contributed by atoms with Gasteiger partial charge in [-0.25, -0.2) is 4.39 Å². The normalized spacial score (nSPS) is 20.7. The Morgan fingerprint density at radius 1 is 1.28 bits per heavy atom. The Bertz CT molecular complexity index is 814. The third kappa shape index (κ3) is 4.12. The van der Waals surface area contributed by atoms with Gasteiger partial charge in [-0.3, -0.25) is 9.78 Å². The van der Waals surface area contributed by atoms with Crippen molar-refractivity contribution in [2.75, 3.05) is 0 Å². The number of halogens is 1. The average molecular weight is 341 g/mol. The predicted octanol–water partition coefficient (Wildman–Crippen LogP) is 3.58. The Labute approximate surface area is 146 Å². The Hall–Kier alpha value is -2.53. The van der Waals surface area contributed by atoms with Gasteiger partial charge in [-0.1, -0.05) is 6.08 Å². The second-order valence-corrected chi connectivity index (χ2v) is 6.33. The molecule has 1 aromatic carbocycles. The molecule has 3 rings (SSSR count). The molecule has 5 heteroatoms. The van der Waals surface area contributed by atoms with Crippen molar-refractivity contribution < 1.29 is 19.0 Å². The molecule has 1 N–H and O–H groups in total. The van der Waals surface area contributed by atoms with E-state index in [4.69, 9.17) is 4.74 Å². The fourth-order valence-corrected chi connectivity index (χ4v) is 3.02. The number of hydrogen-bond acceptors (Lipinski definition) is 4. The highest BCUT2D eigenvalue weighted by Crippen LogP contribution is 2.27. The van der Waals surface area contributed by atoms with Gasteiger partial charge in [0.05, 0.1) is 18.2 Å². The molecule has 1 aromatic heterocycles. The summed E-state index contributed by atoms with van der Waals surface area (Å²) in [6.45, 7) is 3.88. The predicted molar refractivity (Wildman–Crippen MR) is 93.3 cm³/mol. The van der Waals surface area contributed by atoms with Crippen LogP contribution < -0.4 is 0 Å². The zero-order valence-electron chi connectivity index (χ0n) is 14.2. The van der Waals surface area contributed by atoms with Gasteiger partial charge in [-0.2, -0.15) is 0 Å². The molecular formula is C20H20FNO3. The lowest BCUT2D eigenvalue weighted by Gasteiger charge is -2.23. The number of aryl methyl sites for hydroxylation is 2. The molecule has 2 heterocycles. The summed E-state index contributed by atoms with van der Waals surface area (Å²) in [7, 11) is 0. The van der Waals surface area contributed by atoms with Crippen molar-refractivity contribution >= 4 is 12.0 Å². The molecular weight excluding hydrogens is 321 g/mol. The van der Waals surface area contributed by atoms with Crippen molar-refractivity contribution in [1.29, 1.82) is 0 Å². The smallest absolute Gasteiger partial charge is 0.309 e. The van der Waals surface area contributed by atoms with Crippen molar-refractivity contribution in [2.24, 2.45) is 0 Å². The average Bonchev–Trinajstić information content (AvgIpc) is 2.53. The lowest BCUT2D eigenvalue weighted by atomic mass is 9.98. The van der Waals surface area contributed by atoms with Crippen molar-refractivity contribution in [3.8, 4) is 11.3 Å². The second-order valence-electron chi connectivity index (χ2n) is 6.33. The Morgan fingerprint density at radius 3 is 2.68 bits per heavy atom. The summed E-state index contributed by atoms with van der Waals surface area (Å²) in [4.78, 5) is 16.1. The Balaban J connectivity index is 1.96. The Kier molecular flexibility index (Phi) is 4.95. The zero-order valence-corrected chi connectivity index (χ0v) is 14.2. The maximum atomic E-state index is 13.2. The summed E-state index contributed by atoms with van der Waals surface area (Å²) in [6, 6.07) is 8.16. The number of aromatic nitrogens is 1. The number of rotatable bonds is 3. The summed E-state index contributed by atoms with van der Waals surface area (Å²) in [6.07, 6.45) is 2.91. The van der Waals surface area contributed by atoms with Crippen LogP contribution in [0.25, 0.3) is 17.3 Å². The molecule has 1 aliphatic heterocycles. The molecule has 0 bridgehead atoms. The molecule has 2 atom stereocenters. The first-order valence-corrected chi connectivity index (χ1v) is 8.22. The van der Waals surface area contributed by atoms with Crippen LogP contribution in [0, 0.1) is 19.7 Å². The third-order valence-electron chi connectivity index (χ3n) is 4.18. The van der Waals surface area contributed by atoms with Crippen LogP contribution in [-0.2, 0) is 9.53 Å². The van der Waals surface area contributed by atoms with Gasteiger partial charge in [0.15, 0.2) is 0 Å². The standard InChI is InChI=1S/C20H20FNO3/c1-12-9-13(2)22-20(14-3-5-15(21)6-4-14)18(12)8-7-17-10-16(23)11-19(24)25-17/h3-9,16-17,23H,10-11H2,1-2H3/t16-,17-/m1/s1. The van der Waals surface area contributed by atoms with Gasteiger partial charge in [0.2, 0.25) is 0 Å². The molecule has 0 aliphatic carbocycles. The van der Waals surface area contributed by atoms with E-state index in [-0.39, 0.29) is 12.2 Å². The maximum absolute atomic E-state index is 13.2. The van der Waals surface area contributed by atoms with Gasteiger partial charge in [-0.15, -0.1) is 0 Å². The molecule has 0 unspecified atom stereocenters. The number of nitrogens with zero attached hydrogens (tertiary/aromatic N) is 1. The van der Waals surface area contributed by atoms with Crippen molar-refractivity contribution in [3.63, 3.8) is 0 Å². The van der Waals surface area contributed by atoms with Gasteiger partial charge < -0.3 is 9.84 Å². The summed E-state index contributed by atoms with van der Waals surface area (Å²) in [5, 5.41) is 9.71. The van der Waals surface area contributed by atoms with E-state index < -0.39 is 18.2 Å². The second kappa shape index (κ2) is 7.15. The molecule has 1 fully saturated rings. The summed E-state index contributed by atoms with van der Waals surface area (Å²) in [5.41, 5.74) is 4.33. The first-order valence-electron chi connectivity index (χ1n) is 8.22. The van der Waals surface area contributed by atoms with Crippen molar-refractivity contribution in [1.82, 2.24) is 4.98 Å². The summed E-state index contributed by atoms with van der Waals surface area (Å²) < 4.78 is 18.5. The minimum absolute atomic E-state index is 0.0380. The number of carbonyl (C=O) groups excluding carboxylic acids is 1. The van der Waals surface area contributed by atoms with Crippen LogP contribution in [0.15, 0.2) is 36.4 Å². The van der Waals surface area contributed by atoms with Gasteiger partial charge in [0, 0.05) is 23.2 Å². The monoisotopic (exact) mass is 341 g/mol. The van der Waals surface area contributed by atoms with E-state index in [9.17, 15) is 14.3 Å². The van der Waals surface area contributed by atoms with E-state index >= 15 is 0 Å². The molecule has 4 nitrogen and oxygen atoms in total. The van der Waals surface area contributed by atoms with E-state index in [1.807, 2.05) is 26.0 Å². The minimum Gasteiger partial charge on any atom is -0.458 e. The maximum Gasteiger partial charge on any atom is 0.309 e. The van der Waals surface area contributed by atoms with Gasteiger partial charge in [0.1, 0.15) is 11.9 Å². The molecule has 1 saturated heterocycles. The number of cyclic esters (lactones) is 1. The van der Waals surface area contributed by atoms with Crippen LogP contribution in [0.1, 0.15) is 29.7 Å². The van der Waals surface area contributed by atoms with Gasteiger partial charge >= 0.3 is 5.97 Å². The molecule has 0 radical (unpaired) electrons. The number of benzene rings is 1. The van der Waals surface area contributed by atoms with Crippen LogP contribution >= 0.6 is 0 Å². The summed E-state index contributed by atoms with van der Waals surface area (Å²) in [5.74, 6) is -0.695. The van der Waals surface area contributed by atoms with Crippen LogP contribution in [-0.4, -0.2) is 28.3 Å². The molecule has 2 aromatic rings. The zero-order chi connectivity index (χ0) is 18.0. The van der Waals surface area contributed by atoms with E-state index in [1.165, 1.54) is 12.1 Å². The largest absolute Gasteiger partial charge is 0.458 e. The number of hydrogen-bond donors (Lipinski definition) is 1. The quantitative estimate of drug-likeness (QED) is 0.867. The molecule has 0 spiro atoms. The number of aliphatic hydroxyl groups excluding tert-OH is 1. The SMILES string of the molecule is Cc1cc(C)c(C=C[C@@H]2C[C@@H](O)CC(=O)O2)c(-c2ccc(F)cc2)n1. The topological polar surface area (TPSA) is 59.4 Å². The van der Waals surface area contributed by atoms with E-state index in [1.54, 1.807) is 18.2 Å². The van der Waals surface area contributed by atoms with Crippen molar-refractivity contribution in [2.45, 2.75) is 38.9 Å². The van der Waals surface area contributed by atoms with E-state index in [2.05, 4.69) is 4.98 Å². The van der Waals surface area contributed by atoms with Gasteiger partial charge in [-0.05, 0) is 55.8 Å². The first kappa shape index (κ1) is 17.3. The highest BCUT2D eigenvalue weighted by molar-refractivity contribution is 5.75. The minimum atomic E-state index is -0.676. The summed E-state index contributed by atoms with van der Waals surface area (Å²) >= 11 is 0. The van der Waals surface area contributed by atoms with Crippen molar-refractivity contribution in [3.05, 3.63) is 59.0 Å². The highest BCUT2D eigenvalue weighted by Gasteiger charge is 2.25. The number of carbonyl (C=O) groups is 1. The number of aliphatic hydroxyl groups is 1. The van der Waals surface area contributed by atoms with Crippen LogP contribution in [0.3, 0.4) is 0 Å². The van der Waals surface area contributed by atoms with E-state index in [0.29, 0.717) is 6.42 Å². The molecule has 25 heavy (non-hydrogen) atoms. The fraction of sp³-hybridized carbons (Fsp3) is 0.300. The Morgan fingerprint density at radius 2 is 2.00 bits per heavy atom. The molecule has 0 saturated carbocycles. The number of ether oxygens (including phenoxy) is 1. The van der Waals surface area contributed by atoms with Crippen LogP contribution in [0.5, 0.6) is 0 Å². The van der Waals surface area contributed by atoms with E-state index in [0.717, 1.165) is 28.1 Å². The third-order valence-corrected chi connectivity index (χ3v) is 4.18. The number of pyridine rings is 1. The first-order chi connectivity index (χ1) is 11.9. The van der Waals surface area contributed by atoms with Crippen LogP contribution in [0.2, 0.25) is 0 Å². The lowest BCUT2D eigenvalue weighted by Crippen LogP contribution is -2.31. The van der Waals surface area contributed by atoms with Gasteiger partial charge in [0.25, 0.3) is 0 Å². The highest BCUT2D eigenvalue weighted by atomic mass is 19.1. The molecule has 130 valence electrons. The lowest BCUT2D eigenvalue weighted by molar-refractivity contribution is -0.156. The van der Waals surface area contributed by atoms with Crippen LogP contribution in [0.4, 0.5) is 4.39 Å². The molecule has 0 amide bonds.